The normalized spacial score (nSPS) is 11.2. The Bertz CT molecular complexity index is 610. The van der Waals surface area contributed by atoms with E-state index in [0.717, 1.165) is 5.01 Å². The predicted octanol–water partition coefficient (Wildman–Crippen LogP) is 1.19. The SMILES string of the molecule is Cc1cc(C(=O)NC(C)(C)c2nccs2)nc(NN)n1. The predicted molar refractivity (Wildman–Crippen MR) is 77.2 cm³/mol. The first-order valence-electron chi connectivity index (χ1n) is 5.97. The van der Waals surface area contributed by atoms with Crippen molar-refractivity contribution in [2.45, 2.75) is 26.3 Å². The maximum atomic E-state index is 12.3. The minimum atomic E-state index is -0.569. The summed E-state index contributed by atoms with van der Waals surface area (Å²) in [5.74, 6) is 5.19. The summed E-state index contributed by atoms with van der Waals surface area (Å²) in [4.78, 5) is 24.6. The molecular weight excluding hydrogens is 276 g/mol. The molecule has 2 aromatic rings. The molecule has 0 saturated carbocycles. The van der Waals surface area contributed by atoms with Crippen LogP contribution < -0.4 is 16.6 Å². The van der Waals surface area contributed by atoms with E-state index >= 15 is 0 Å². The van der Waals surface area contributed by atoms with E-state index in [1.165, 1.54) is 11.3 Å². The molecule has 0 aliphatic carbocycles. The molecule has 0 aliphatic rings. The molecule has 0 aromatic carbocycles. The number of aryl methyl sites for hydroxylation is 1. The molecule has 0 atom stereocenters. The van der Waals surface area contributed by atoms with Crippen molar-refractivity contribution >= 4 is 23.2 Å². The molecule has 7 nitrogen and oxygen atoms in total. The van der Waals surface area contributed by atoms with Crippen molar-refractivity contribution in [2.24, 2.45) is 5.84 Å². The van der Waals surface area contributed by atoms with Crippen LogP contribution in [0, 0.1) is 6.92 Å². The molecule has 0 saturated heterocycles. The third-order valence-corrected chi connectivity index (χ3v) is 3.71. The Balaban J connectivity index is 2.22. The molecule has 2 aromatic heterocycles. The Labute approximate surface area is 120 Å². The molecule has 20 heavy (non-hydrogen) atoms. The van der Waals surface area contributed by atoms with Crippen molar-refractivity contribution in [1.29, 1.82) is 0 Å². The number of anilines is 1. The van der Waals surface area contributed by atoms with Crippen molar-refractivity contribution in [2.75, 3.05) is 5.43 Å². The van der Waals surface area contributed by atoms with Gasteiger partial charge in [-0.25, -0.2) is 20.8 Å². The van der Waals surface area contributed by atoms with E-state index < -0.39 is 5.54 Å². The van der Waals surface area contributed by atoms with E-state index in [4.69, 9.17) is 5.84 Å². The largest absolute Gasteiger partial charge is 0.339 e. The van der Waals surface area contributed by atoms with Crippen LogP contribution in [-0.2, 0) is 5.54 Å². The van der Waals surface area contributed by atoms with Crippen LogP contribution in [0.25, 0.3) is 0 Å². The van der Waals surface area contributed by atoms with Gasteiger partial charge in [0.1, 0.15) is 10.7 Å². The lowest BCUT2D eigenvalue weighted by Gasteiger charge is -2.23. The standard InChI is InChI=1S/C12H16N6OS/c1-7-6-8(16-11(15-7)18-13)9(19)17-12(2,3)10-14-4-5-20-10/h4-6H,13H2,1-3H3,(H,17,19)(H,15,16,18). The average Bonchev–Trinajstić information content (AvgIpc) is 2.92. The average molecular weight is 292 g/mol. The van der Waals surface area contributed by atoms with Crippen LogP contribution in [0.3, 0.4) is 0 Å². The van der Waals surface area contributed by atoms with Crippen molar-refractivity contribution < 1.29 is 4.79 Å². The van der Waals surface area contributed by atoms with Gasteiger partial charge < -0.3 is 5.32 Å². The minimum Gasteiger partial charge on any atom is -0.339 e. The van der Waals surface area contributed by atoms with Crippen molar-refractivity contribution in [1.82, 2.24) is 20.3 Å². The molecule has 2 heterocycles. The van der Waals surface area contributed by atoms with Gasteiger partial charge in [0.15, 0.2) is 0 Å². The van der Waals surface area contributed by atoms with Gasteiger partial charge in [0, 0.05) is 17.3 Å². The molecule has 0 unspecified atom stereocenters. The summed E-state index contributed by atoms with van der Waals surface area (Å²) in [5, 5.41) is 5.60. The fraction of sp³-hybridized carbons (Fsp3) is 0.333. The van der Waals surface area contributed by atoms with Crippen molar-refractivity contribution in [3.63, 3.8) is 0 Å². The van der Waals surface area contributed by atoms with Crippen molar-refractivity contribution in [3.8, 4) is 0 Å². The second-order valence-electron chi connectivity index (χ2n) is 4.78. The van der Waals surface area contributed by atoms with Crippen LogP contribution in [0.5, 0.6) is 0 Å². The molecule has 0 spiro atoms. The number of hydrazine groups is 1. The van der Waals surface area contributed by atoms with E-state index in [2.05, 4.69) is 25.7 Å². The van der Waals surface area contributed by atoms with Gasteiger partial charge in [0.25, 0.3) is 5.91 Å². The lowest BCUT2D eigenvalue weighted by molar-refractivity contribution is 0.0906. The molecule has 106 valence electrons. The fourth-order valence-electron chi connectivity index (χ4n) is 1.68. The zero-order valence-corrected chi connectivity index (χ0v) is 12.3. The Morgan fingerprint density at radius 1 is 1.40 bits per heavy atom. The topological polar surface area (TPSA) is 106 Å². The molecule has 8 heteroatoms. The van der Waals surface area contributed by atoms with Gasteiger partial charge in [-0.1, -0.05) is 0 Å². The Morgan fingerprint density at radius 3 is 2.75 bits per heavy atom. The van der Waals surface area contributed by atoms with Gasteiger partial charge in [-0.3, -0.25) is 10.2 Å². The zero-order chi connectivity index (χ0) is 14.8. The highest BCUT2D eigenvalue weighted by molar-refractivity contribution is 7.09. The molecule has 0 fully saturated rings. The highest BCUT2D eigenvalue weighted by Gasteiger charge is 2.26. The lowest BCUT2D eigenvalue weighted by Crippen LogP contribution is -2.41. The summed E-state index contributed by atoms with van der Waals surface area (Å²) in [7, 11) is 0. The first kappa shape index (κ1) is 14.4. The van der Waals surface area contributed by atoms with Gasteiger partial charge in [-0.15, -0.1) is 11.3 Å². The Hall–Kier alpha value is -2.06. The number of carbonyl (C=O) groups excluding carboxylic acids is 1. The molecule has 0 radical (unpaired) electrons. The number of carbonyl (C=O) groups is 1. The first-order chi connectivity index (χ1) is 9.42. The number of nitrogens with one attached hydrogen (secondary N) is 2. The Morgan fingerprint density at radius 2 is 2.15 bits per heavy atom. The van der Waals surface area contributed by atoms with Crippen LogP contribution >= 0.6 is 11.3 Å². The minimum absolute atomic E-state index is 0.210. The van der Waals surface area contributed by atoms with Crippen LogP contribution in [0.1, 0.15) is 35.0 Å². The second kappa shape index (κ2) is 5.51. The zero-order valence-electron chi connectivity index (χ0n) is 11.5. The summed E-state index contributed by atoms with van der Waals surface area (Å²) in [5.41, 5.74) is 2.69. The van der Waals surface area contributed by atoms with E-state index in [-0.39, 0.29) is 17.5 Å². The van der Waals surface area contributed by atoms with Crippen LogP contribution in [0.2, 0.25) is 0 Å². The molecule has 0 bridgehead atoms. The smallest absolute Gasteiger partial charge is 0.270 e. The number of aromatic nitrogens is 3. The highest BCUT2D eigenvalue weighted by atomic mass is 32.1. The van der Waals surface area contributed by atoms with Gasteiger partial charge >= 0.3 is 0 Å². The van der Waals surface area contributed by atoms with E-state index in [1.807, 2.05) is 19.2 Å². The number of hydrogen-bond donors (Lipinski definition) is 3. The van der Waals surface area contributed by atoms with E-state index in [1.54, 1.807) is 19.2 Å². The third kappa shape index (κ3) is 3.09. The lowest BCUT2D eigenvalue weighted by atomic mass is 10.1. The second-order valence-corrected chi connectivity index (χ2v) is 5.67. The molecular formula is C12H16N6OS. The number of thiazole rings is 1. The van der Waals surface area contributed by atoms with E-state index in [9.17, 15) is 4.79 Å². The molecule has 1 amide bonds. The van der Waals surface area contributed by atoms with Gasteiger partial charge in [-0.05, 0) is 26.8 Å². The monoisotopic (exact) mass is 292 g/mol. The summed E-state index contributed by atoms with van der Waals surface area (Å²) >= 11 is 1.49. The first-order valence-corrected chi connectivity index (χ1v) is 6.85. The summed E-state index contributed by atoms with van der Waals surface area (Å²) in [6.45, 7) is 5.55. The molecule has 0 aliphatic heterocycles. The van der Waals surface area contributed by atoms with Gasteiger partial charge in [-0.2, -0.15) is 0 Å². The maximum Gasteiger partial charge on any atom is 0.270 e. The van der Waals surface area contributed by atoms with Gasteiger partial charge in [0.05, 0.1) is 5.54 Å². The number of nitrogen functional groups attached to an aromatic ring is 1. The number of hydrogen-bond acceptors (Lipinski definition) is 7. The number of nitrogens with zero attached hydrogens (tertiary/aromatic N) is 3. The number of amides is 1. The molecule has 4 N–H and O–H groups in total. The Kier molecular flexibility index (Phi) is 3.96. The number of rotatable bonds is 4. The maximum absolute atomic E-state index is 12.3. The van der Waals surface area contributed by atoms with Crippen LogP contribution in [0.4, 0.5) is 5.95 Å². The van der Waals surface area contributed by atoms with Crippen LogP contribution in [-0.4, -0.2) is 20.9 Å². The number of nitrogens with two attached hydrogens (primary N) is 1. The van der Waals surface area contributed by atoms with Gasteiger partial charge in [0.2, 0.25) is 5.95 Å². The molecule has 2 rings (SSSR count). The fourth-order valence-corrected chi connectivity index (χ4v) is 2.40. The quantitative estimate of drug-likeness (QED) is 0.577. The summed E-state index contributed by atoms with van der Waals surface area (Å²) in [6, 6.07) is 1.61. The summed E-state index contributed by atoms with van der Waals surface area (Å²) < 4.78 is 0. The third-order valence-electron chi connectivity index (χ3n) is 2.61. The van der Waals surface area contributed by atoms with Crippen LogP contribution in [0.15, 0.2) is 17.6 Å². The highest BCUT2D eigenvalue weighted by Crippen LogP contribution is 2.22. The van der Waals surface area contributed by atoms with Crippen molar-refractivity contribution in [3.05, 3.63) is 34.0 Å². The van der Waals surface area contributed by atoms with E-state index in [0.29, 0.717) is 5.69 Å². The summed E-state index contributed by atoms with van der Waals surface area (Å²) in [6.07, 6.45) is 1.71.